The van der Waals surface area contributed by atoms with Crippen LogP contribution in [0, 0.1) is 12.8 Å². The number of nitrogens with zero attached hydrogens (tertiary/aromatic N) is 1. The molecule has 0 spiro atoms. The molecule has 0 aromatic carbocycles. The first-order chi connectivity index (χ1) is 5.63. The Hall–Kier alpha value is -0.570. The highest BCUT2D eigenvalue weighted by molar-refractivity contribution is 7.15. The van der Waals surface area contributed by atoms with Crippen LogP contribution in [0.1, 0.15) is 24.4 Å². The van der Waals surface area contributed by atoms with Crippen LogP contribution < -0.4 is 5.32 Å². The van der Waals surface area contributed by atoms with Gasteiger partial charge in [-0.1, -0.05) is 13.8 Å². The maximum Gasteiger partial charge on any atom is 0.182 e. The summed E-state index contributed by atoms with van der Waals surface area (Å²) in [6.45, 7) is 6.58. The van der Waals surface area contributed by atoms with E-state index >= 15 is 0 Å². The van der Waals surface area contributed by atoms with Gasteiger partial charge in [0.25, 0.3) is 0 Å². The van der Waals surface area contributed by atoms with Crippen molar-refractivity contribution in [2.24, 2.45) is 5.92 Å². The van der Waals surface area contributed by atoms with Crippen molar-refractivity contribution >= 4 is 16.5 Å². The SMILES string of the molecule is CNc1nc(CC(C)C)c(C)s1. The Labute approximate surface area is 78.0 Å². The standard InChI is InChI=1S/C9H16N2S/c1-6(2)5-8-7(3)12-9(10-4)11-8/h6H,5H2,1-4H3,(H,10,11). The van der Waals surface area contributed by atoms with E-state index in [4.69, 9.17) is 0 Å². The number of aromatic nitrogens is 1. The summed E-state index contributed by atoms with van der Waals surface area (Å²) in [5.41, 5.74) is 1.25. The van der Waals surface area contributed by atoms with Gasteiger partial charge in [-0.05, 0) is 19.3 Å². The van der Waals surface area contributed by atoms with Crippen LogP contribution in [0.4, 0.5) is 5.13 Å². The molecule has 0 saturated heterocycles. The van der Waals surface area contributed by atoms with Gasteiger partial charge in [0.15, 0.2) is 5.13 Å². The summed E-state index contributed by atoms with van der Waals surface area (Å²) in [6.07, 6.45) is 1.09. The van der Waals surface area contributed by atoms with Gasteiger partial charge in [-0.3, -0.25) is 0 Å². The average molecular weight is 184 g/mol. The van der Waals surface area contributed by atoms with Crippen LogP contribution in [-0.2, 0) is 6.42 Å². The lowest BCUT2D eigenvalue weighted by atomic mass is 10.1. The van der Waals surface area contributed by atoms with Gasteiger partial charge < -0.3 is 5.32 Å². The molecule has 12 heavy (non-hydrogen) atoms. The van der Waals surface area contributed by atoms with Gasteiger partial charge in [0.1, 0.15) is 0 Å². The molecule has 0 saturated carbocycles. The zero-order chi connectivity index (χ0) is 9.14. The Morgan fingerprint density at radius 1 is 1.50 bits per heavy atom. The van der Waals surface area contributed by atoms with E-state index in [1.54, 1.807) is 11.3 Å². The number of hydrogen-bond donors (Lipinski definition) is 1. The third-order valence-electron chi connectivity index (χ3n) is 1.71. The fourth-order valence-electron chi connectivity index (χ4n) is 1.11. The number of hydrogen-bond acceptors (Lipinski definition) is 3. The largest absolute Gasteiger partial charge is 0.365 e. The third-order valence-corrected chi connectivity index (χ3v) is 2.74. The van der Waals surface area contributed by atoms with Gasteiger partial charge in [-0.25, -0.2) is 4.98 Å². The molecule has 0 unspecified atom stereocenters. The highest BCUT2D eigenvalue weighted by atomic mass is 32.1. The molecule has 68 valence electrons. The molecular formula is C9H16N2S. The average Bonchev–Trinajstić information content (AvgIpc) is 2.31. The lowest BCUT2D eigenvalue weighted by molar-refractivity contribution is 0.636. The number of rotatable bonds is 3. The van der Waals surface area contributed by atoms with E-state index < -0.39 is 0 Å². The molecule has 0 radical (unpaired) electrons. The first-order valence-corrected chi connectivity index (χ1v) is 5.09. The maximum atomic E-state index is 4.48. The van der Waals surface area contributed by atoms with Crippen molar-refractivity contribution in [2.45, 2.75) is 27.2 Å². The molecule has 0 fully saturated rings. The first kappa shape index (κ1) is 9.52. The maximum absolute atomic E-state index is 4.48. The minimum Gasteiger partial charge on any atom is -0.365 e. The van der Waals surface area contributed by atoms with Crippen molar-refractivity contribution < 1.29 is 0 Å². The van der Waals surface area contributed by atoms with Gasteiger partial charge in [0.2, 0.25) is 0 Å². The Morgan fingerprint density at radius 3 is 2.58 bits per heavy atom. The molecule has 0 atom stereocenters. The molecule has 1 aromatic heterocycles. The summed E-state index contributed by atoms with van der Waals surface area (Å²) in [4.78, 5) is 5.82. The lowest BCUT2D eigenvalue weighted by Gasteiger charge is -2.00. The van der Waals surface area contributed by atoms with Crippen LogP contribution in [-0.4, -0.2) is 12.0 Å². The summed E-state index contributed by atoms with van der Waals surface area (Å²) in [7, 11) is 1.91. The first-order valence-electron chi connectivity index (χ1n) is 4.27. The quantitative estimate of drug-likeness (QED) is 0.781. The minimum atomic E-state index is 0.690. The van der Waals surface area contributed by atoms with E-state index in [9.17, 15) is 0 Å². The molecular weight excluding hydrogens is 168 g/mol. The molecule has 0 amide bonds. The zero-order valence-corrected chi connectivity index (χ0v) is 8.96. The van der Waals surface area contributed by atoms with Crippen molar-refractivity contribution in [3.05, 3.63) is 10.6 Å². The van der Waals surface area contributed by atoms with Gasteiger partial charge in [-0.2, -0.15) is 0 Å². The van der Waals surface area contributed by atoms with Crippen LogP contribution in [0.2, 0.25) is 0 Å². The Kier molecular flexibility index (Phi) is 3.09. The zero-order valence-electron chi connectivity index (χ0n) is 8.14. The molecule has 0 aliphatic rings. The summed E-state index contributed by atoms with van der Waals surface area (Å²) >= 11 is 1.73. The molecule has 1 heterocycles. The van der Waals surface area contributed by atoms with E-state index in [1.165, 1.54) is 10.6 Å². The Morgan fingerprint density at radius 2 is 2.17 bits per heavy atom. The van der Waals surface area contributed by atoms with Gasteiger partial charge in [0, 0.05) is 11.9 Å². The highest BCUT2D eigenvalue weighted by Gasteiger charge is 2.07. The summed E-state index contributed by atoms with van der Waals surface area (Å²) in [5, 5.41) is 4.10. The van der Waals surface area contributed by atoms with Crippen molar-refractivity contribution in [1.29, 1.82) is 0 Å². The van der Waals surface area contributed by atoms with Crippen LogP contribution in [0.15, 0.2) is 0 Å². The van der Waals surface area contributed by atoms with Crippen molar-refractivity contribution in [3.8, 4) is 0 Å². The van der Waals surface area contributed by atoms with E-state index in [1.807, 2.05) is 7.05 Å². The fraction of sp³-hybridized carbons (Fsp3) is 0.667. The molecule has 2 nitrogen and oxygen atoms in total. The molecule has 0 bridgehead atoms. The predicted molar refractivity (Wildman–Crippen MR) is 54.9 cm³/mol. The van der Waals surface area contributed by atoms with E-state index in [0.29, 0.717) is 5.92 Å². The molecule has 0 aliphatic carbocycles. The molecule has 1 rings (SSSR count). The van der Waals surface area contributed by atoms with E-state index in [0.717, 1.165) is 11.6 Å². The van der Waals surface area contributed by atoms with Gasteiger partial charge >= 0.3 is 0 Å². The monoisotopic (exact) mass is 184 g/mol. The summed E-state index contributed by atoms with van der Waals surface area (Å²) < 4.78 is 0. The fourth-order valence-corrected chi connectivity index (χ4v) is 1.91. The third kappa shape index (κ3) is 2.21. The number of nitrogens with one attached hydrogen (secondary N) is 1. The van der Waals surface area contributed by atoms with Crippen LogP contribution in [0.3, 0.4) is 0 Å². The second-order valence-corrected chi connectivity index (χ2v) is 4.57. The Balaban J connectivity index is 2.77. The number of anilines is 1. The van der Waals surface area contributed by atoms with Gasteiger partial charge in [-0.15, -0.1) is 11.3 Å². The smallest absolute Gasteiger partial charge is 0.182 e. The predicted octanol–water partition coefficient (Wildman–Crippen LogP) is 2.69. The normalized spacial score (nSPS) is 10.8. The molecule has 1 aromatic rings. The molecule has 3 heteroatoms. The van der Waals surface area contributed by atoms with Crippen molar-refractivity contribution in [3.63, 3.8) is 0 Å². The highest BCUT2D eigenvalue weighted by Crippen LogP contribution is 2.23. The number of aryl methyl sites for hydroxylation is 1. The van der Waals surface area contributed by atoms with Gasteiger partial charge in [0.05, 0.1) is 5.69 Å². The van der Waals surface area contributed by atoms with Crippen molar-refractivity contribution in [2.75, 3.05) is 12.4 Å². The van der Waals surface area contributed by atoms with Crippen LogP contribution >= 0.6 is 11.3 Å². The summed E-state index contributed by atoms with van der Waals surface area (Å²) in [5.74, 6) is 0.690. The molecule has 1 N–H and O–H groups in total. The molecule has 0 aliphatic heterocycles. The number of thiazole rings is 1. The van der Waals surface area contributed by atoms with E-state index in [-0.39, 0.29) is 0 Å². The lowest BCUT2D eigenvalue weighted by Crippen LogP contribution is -1.96. The van der Waals surface area contributed by atoms with Crippen molar-refractivity contribution in [1.82, 2.24) is 4.98 Å². The van der Waals surface area contributed by atoms with Crippen LogP contribution in [0.25, 0.3) is 0 Å². The Bertz CT molecular complexity index is 253. The van der Waals surface area contributed by atoms with Crippen LogP contribution in [0.5, 0.6) is 0 Å². The second-order valence-electron chi connectivity index (χ2n) is 3.37. The van der Waals surface area contributed by atoms with E-state index in [2.05, 4.69) is 31.1 Å². The minimum absolute atomic E-state index is 0.690. The topological polar surface area (TPSA) is 24.9 Å². The summed E-state index contributed by atoms with van der Waals surface area (Å²) in [6, 6.07) is 0. The second kappa shape index (κ2) is 3.90.